The Kier molecular flexibility index (Phi) is 5.40. The Balaban J connectivity index is 1.79. The van der Waals surface area contributed by atoms with Crippen LogP contribution in [0.3, 0.4) is 0 Å². The lowest BCUT2D eigenvalue weighted by molar-refractivity contribution is -0.660. The van der Waals surface area contributed by atoms with Gasteiger partial charge in [-0.1, -0.05) is 66.7 Å². The Labute approximate surface area is 212 Å². The predicted octanol–water partition coefficient (Wildman–Crippen LogP) is 8.39. The van der Waals surface area contributed by atoms with E-state index in [9.17, 15) is 0 Å². The number of hydrogen-bond acceptors (Lipinski definition) is 0. The largest absolute Gasteiger partial charge is 0.229 e. The van der Waals surface area contributed by atoms with Crippen molar-refractivity contribution >= 4 is 38.6 Å². The second-order valence-corrected chi connectivity index (χ2v) is 9.65. The molecule has 0 saturated heterocycles. The number of nitrogens with zero attached hydrogens (tertiary/aromatic N) is 2. The standard InChI is InChI=1S/C34H30N2/c1-25-29(32-20-12-13-23-35(32)2)21-22-31-30-19-11-10-14-26(30)24-33(34(25)31)36(3,27-15-6-4-7-16-27)28-17-8-5-9-18-28/h4-24H,1-3H3/q+2. The number of pyridine rings is 1. The second-order valence-electron chi connectivity index (χ2n) is 9.65. The highest BCUT2D eigenvalue weighted by Crippen LogP contribution is 2.48. The molecule has 0 N–H and O–H groups in total. The summed E-state index contributed by atoms with van der Waals surface area (Å²) in [7, 11) is 4.44. The molecule has 36 heavy (non-hydrogen) atoms. The topological polar surface area (TPSA) is 3.88 Å². The van der Waals surface area contributed by atoms with Gasteiger partial charge in [0.25, 0.3) is 0 Å². The molecular weight excluding hydrogens is 436 g/mol. The summed E-state index contributed by atoms with van der Waals surface area (Å²) in [6.45, 7) is 2.28. The Bertz CT molecular complexity index is 1660. The number of rotatable bonds is 4. The van der Waals surface area contributed by atoms with Gasteiger partial charge < -0.3 is 0 Å². The van der Waals surface area contributed by atoms with Gasteiger partial charge in [-0.2, -0.15) is 0 Å². The normalized spacial score (nSPS) is 11.8. The number of aryl methyl sites for hydroxylation is 2. The zero-order chi connectivity index (χ0) is 24.7. The van der Waals surface area contributed by atoms with Crippen molar-refractivity contribution in [3.05, 3.63) is 133 Å². The highest BCUT2D eigenvalue weighted by Gasteiger charge is 2.34. The van der Waals surface area contributed by atoms with E-state index < -0.39 is 0 Å². The lowest BCUT2D eigenvalue weighted by Crippen LogP contribution is -2.34. The molecule has 0 aliphatic heterocycles. The molecule has 6 aromatic rings. The summed E-state index contributed by atoms with van der Waals surface area (Å²) in [4.78, 5) is 0. The van der Waals surface area contributed by atoms with Gasteiger partial charge in [-0.05, 0) is 65.0 Å². The van der Waals surface area contributed by atoms with Gasteiger partial charge >= 0.3 is 0 Å². The minimum absolute atomic E-state index is 0.578. The molecule has 0 amide bonds. The van der Waals surface area contributed by atoms with Crippen molar-refractivity contribution in [3.8, 4) is 11.3 Å². The Hall–Kier alpha value is -4.27. The van der Waals surface area contributed by atoms with Crippen LogP contribution in [-0.2, 0) is 7.05 Å². The van der Waals surface area contributed by atoms with Crippen molar-refractivity contribution in [1.29, 1.82) is 0 Å². The van der Waals surface area contributed by atoms with Crippen LogP contribution in [0.4, 0.5) is 17.1 Å². The van der Waals surface area contributed by atoms with Crippen molar-refractivity contribution in [3.63, 3.8) is 0 Å². The second kappa shape index (κ2) is 8.75. The Morgan fingerprint density at radius 2 is 1.22 bits per heavy atom. The fourth-order valence-corrected chi connectivity index (χ4v) is 5.67. The third kappa shape index (κ3) is 3.42. The van der Waals surface area contributed by atoms with Gasteiger partial charge in [0.05, 0.1) is 7.05 Å². The van der Waals surface area contributed by atoms with Crippen molar-refractivity contribution in [1.82, 2.24) is 4.48 Å². The molecule has 2 heteroatoms. The Morgan fingerprint density at radius 1 is 0.611 bits per heavy atom. The number of para-hydroxylation sites is 2. The fourth-order valence-electron chi connectivity index (χ4n) is 5.67. The minimum Gasteiger partial charge on any atom is -0.229 e. The van der Waals surface area contributed by atoms with Gasteiger partial charge in [0, 0.05) is 29.1 Å². The van der Waals surface area contributed by atoms with E-state index >= 15 is 0 Å². The molecule has 2 nitrogen and oxygen atoms in total. The van der Waals surface area contributed by atoms with E-state index in [0.29, 0.717) is 4.48 Å². The van der Waals surface area contributed by atoms with E-state index in [2.05, 4.69) is 153 Å². The molecule has 174 valence electrons. The number of benzene rings is 5. The van der Waals surface area contributed by atoms with Crippen LogP contribution in [0.25, 0.3) is 32.8 Å². The molecule has 5 aromatic carbocycles. The number of hydrogen-bond donors (Lipinski definition) is 0. The van der Waals surface area contributed by atoms with E-state index in [1.165, 1.54) is 55.4 Å². The molecule has 0 radical (unpaired) electrons. The third-order valence-corrected chi connectivity index (χ3v) is 7.62. The molecule has 0 atom stereocenters. The summed E-state index contributed by atoms with van der Waals surface area (Å²) >= 11 is 0. The zero-order valence-electron chi connectivity index (χ0n) is 21.0. The highest BCUT2D eigenvalue weighted by atomic mass is 15.3. The molecule has 0 spiro atoms. The molecule has 0 aliphatic rings. The van der Waals surface area contributed by atoms with Gasteiger partial charge in [0.2, 0.25) is 5.69 Å². The van der Waals surface area contributed by atoms with Crippen LogP contribution >= 0.6 is 0 Å². The summed E-state index contributed by atoms with van der Waals surface area (Å²) in [5.41, 5.74) is 7.51. The quantitative estimate of drug-likeness (QED) is 0.139. The highest BCUT2D eigenvalue weighted by molar-refractivity contribution is 6.16. The summed E-state index contributed by atoms with van der Waals surface area (Å²) in [6.07, 6.45) is 2.12. The monoisotopic (exact) mass is 466 g/mol. The van der Waals surface area contributed by atoms with Crippen LogP contribution in [0, 0.1) is 6.92 Å². The van der Waals surface area contributed by atoms with E-state index in [4.69, 9.17) is 0 Å². The van der Waals surface area contributed by atoms with Crippen molar-refractivity contribution in [2.24, 2.45) is 7.05 Å². The number of aromatic nitrogens is 1. The van der Waals surface area contributed by atoms with Crippen LogP contribution in [0.15, 0.2) is 128 Å². The molecule has 0 fully saturated rings. The van der Waals surface area contributed by atoms with Crippen LogP contribution in [0.1, 0.15) is 5.56 Å². The van der Waals surface area contributed by atoms with Crippen LogP contribution in [0.5, 0.6) is 0 Å². The molecule has 0 saturated carbocycles. The molecule has 0 unspecified atom stereocenters. The van der Waals surface area contributed by atoms with E-state index in [1.54, 1.807) is 0 Å². The summed E-state index contributed by atoms with van der Waals surface area (Å²) in [5, 5.41) is 5.15. The smallest absolute Gasteiger partial charge is 0.212 e. The maximum atomic E-state index is 2.40. The summed E-state index contributed by atoms with van der Waals surface area (Å²) < 4.78 is 2.78. The third-order valence-electron chi connectivity index (χ3n) is 7.62. The average Bonchev–Trinajstić information content (AvgIpc) is 2.94. The molecule has 0 aliphatic carbocycles. The van der Waals surface area contributed by atoms with E-state index in [-0.39, 0.29) is 0 Å². The SMILES string of the molecule is Cc1c(-c2cccc[n+]2C)ccc2c1c([N+](C)(c1ccccc1)c1ccccc1)cc1ccccc12. The first-order valence-electron chi connectivity index (χ1n) is 12.5. The van der Waals surface area contributed by atoms with Gasteiger partial charge in [-0.15, -0.1) is 0 Å². The first-order valence-corrected chi connectivity index (χ1v) is 12.5. The maximum Gasteiger partial charge on any atom is 0.212 e. The molecule has 0 bridgehead atoms. The van der Waals surface area contributed by atoms with Gasteiger partial charge in [-0.25, -0.2) is 9.05 Å². The van der Waals surface area contributed by atoms with E-state index in [0.717, 1.165) is 0 Å². The summed E-state index contributed by atoms with van der Waals surface area (Å²) in [6, 6.07) is 43.9. The first-order chi connectivity index (χ1) is 17.6. The van der Waals surface area contributed by atoms with Crippen LogP contribution in [-0.4, -0.2) is 7.05 Å². The van der Waals surface area contributed by atoms with Gasteiger partial charge in [-0.3, -0.25) is 0 Å². The molecule has 6 rings (SSSR count). The van der Waals surface area contributed by atoms with Gasteiger partial charge in [0.15, 0.2) is 11.9 Å². The van der Waals surface area contributed by atoms with Crippen LogP contribution < -0.4 is 9.05 Å². The lowest BCUT2D eigenvalue weighted by Gasteiger charge is -2.35. The molecule has 1 aromatic heterocycles. The van der Waals surface area contributed by atoms with Gasteiger partial charge in [0.1, 0.15) is 18.4 Å². The Morgan fingerprint density at radius 3 is 1.89 bits per heavy atom. The van der Waals surface area contributed by atoms with E-state index in [1.807, 2.05) is 0 Å². The first kappa shape index (κ1) is 22.2. The predicted molar refractivity (Wildman–Crippen MR) is 153 cm³/mol. The van der Waals surface area contributed by atoms with Crippen LogP contribution in [0.2, 0.25) is 0 Å². The van der Waals surface area contributed by atoms with Crippen molar-refractivity contribution < 1.29 is 4.57 Å². The summed E-state index contributed by atoms with van der Waals surface area (Å²) in [5.74, 6) is 0. The fraction of sp³-hybridized carbons (Fsp3) is 0.0882. The minimum atomic E-state index is 0.578. The zero-order valence-corrected chi connectivity index (χ0v) is 21.0. The number of quaternary nitrogens is 1. The average molecular weight is 467 g/mol. The van der Waals surface area contributed by atoms with Crippen molar-refractivity contribution in [2.45, 2.75) is 6.92 Å². The van der Waals surface area contributed by atoms with Crippen molar-refractivity contribution in [2.75, 3.05) is 7.05 Å². The lowest BCUT2D eigenvalue weighted by atomic mass is 9.91. The molecular formula is C34H30N2+2. The maximum absolute atomic E-state index is 2.40. The number of fused-ring (bicyclic) bond motifs is 3. The molecule has 1 heterocycles.